The van der Waals surface area contributed by atoms with Crippen molar-refractivity contribution >= 4 is 11.6 Å². The lowest BCUT2D eigenvalue weighted by Gasteiger charge is -2.05. The van der Waals surface area contributed by atoms with Crippen LogP contribution in [0.3, 0.4) is 0 Å². The molecule has 14 heavy (non-hydrogen) atoms. The van der Waals surface area contributed by atoms with Crippen LogP contribution in [0.1, 0.15) is 23.2 Å². The molecule has 4 heteroatoms. The number of rotatable bonds is 2. The predicted octanol–water partition coefficient (Wildman–Crippen LogP) is 1.30. The monoisotopic (exact) mass is 194 g/mol. The molecule has 1 fully saturated rings. The Labute approximate surface area is 81.1 Å². The highest BCUT2D eigenvalue weighted by molar-refractivity contribution is 5.99. The number of nitrogens with two attached hydrogens (primary N) is 1. The van der Waals surface area contributed by atoms with Crippen molar-refractivity contribution in [2.24, 2.45) is 0 Å². The largest absolute Gasteiger partial charge is 0.398 e. The zero-order valence-electron chi connectivity index (χ0n) is 7.59. The van der Waals surface area contributed by atoms with Crippen molar-refractivity contribution in [3.8, 4) is 0 Å². The molecule has 0 saturated heterocycles. The molecule has 0 heterocycles. The number of carbonyl (C=O) groups excluding carboxylic acids is 1. The van der Waals surface area contributed by atoms with E-state index in [0.717, 1.165) is 18.9 Å². The minimum absolute atomic E-state index is 0.219. The SMILES string of the molecule is Nc1ccc(F)cc1C(=O)NC1CC1. The Balaban J connectivity index is 2.20. The molecule has 0 spiro atoms. The molecule has 74 valence electrons. The van der Waals surface area contributed by atoms with Gasteiger partial charge in [-0.2, -0.15) is 0 Å². The first kappa shape index (κ1) is 8.99. The summed E-state index contributed by atoms with van der Waals surface area (Å²) in [5.74, 6) is -0.732. The molecule has 0 aromatic heterocycles. The van der Waals surface area contributed by atoms with Crippen LogP contribution in [-0.4, -0.2) is 11.9 Å². The summed E-state index contributed by atoms with van der Waals surface area (Å²) in [6.07, 6.45) is 2.00. The predicted molar refractivity (Wildman–Crippen MR) is 51.3 cm³/mol. The molecule has 1 aromatic rings. The first-order valence-corrected chi connectivity index (χ1v) is 4.52. The fraction of sp³-hybridized carbons (Fsp3) is 0.300. The molecule has 0 atom stereocenters. The van der Waals surface area contributed by atoms with Gasteiger partial charge in [0, 0.05) is 11.7 Å². The van der Waals surface area contributed by atoms with Gasteiger partial charge < -0.3 is 11.1 Å². The van der Waals surface area contributed by atoms with E-state index in [9.17, 15) is 9.18 Å². The molecule has 1 amide bonds. The van der Waals surface area contributed by atoms with E-state index in [2.05, 4.69) is 5.32 Å². The third-order valence-electron chi connectivity index (χ3n) is 2.17. The summed E-state index contributed by atoms with van der Waals surface area (Å²) >= 11 is 0. The lowest BCUT2D eigenvalue weighted by atomic mass is 10.1. The molecule has 1 aromatic carbocycles. The van der Waals surface area contributed by atoms with Gasteiger partial charge in [0.25, 0.3) is 5.91 Å². The molecular formula is C10H11FN2O. The van der Waals surface area contributed by atoms with E-state index < -0.39 is 5.82 Å². The van der Waals surface area contributed by atoms with Gasteiger partial charge in [-0.25, -0.2) is 4.39 Å². The van der Waals surface area contributed by atoms with E-state index in [1.54, 1.807) is 0 Å². The molecule has 2 rings (SSSR count). The number of halogens is 1. The van der Waals surface area contributed by atoms with Crippen LogP contribution < -0.4 is 11.1 Å². The van der Waals surface area contributed by atoms with Crippen molar-refractivity contribution in [3.63, 3.8) is 0 Å². The molecule has 0 radical (unpaired) electrons. The number of hydrogen-bond acceptors (Lipinski definition) is 2. The van der Waals surface area contributed by atoms with Crippen LogP contribution >= 0.6 is 0 Å². The number of nitrogens with one attached hydrogen (secondary N) is 1. The van der Waals surface area contributed by atoms with Crippen LogP contribution in [0.15, 0.2) is 18.2 Å². The molecule has 1 aliphatic carbocycles. The van der Waals surface area contributed by atoms with E-state index in [1.165, 1.54) is 12.1 Å². The van der Waals surface area contributed by atoms with Gasteiger partial charge in [-0.3, -0.25) is 4.79 Å². The Hall–Kier alpha value is -1.58. The van der Waals surface area contributed by atoms with Gasteiger partial charge >= 0.3 is 0 Å². The number of anilines is 1. The lowest BCUT2D eigenvalue weighted by molar-refractivity contribution is 0.0951. The molecule has 0 aliphatic heterocycles. The molecule has 1 aliphatic rings. The van der Waals surface area contributed by atoms with Crippen LogP contribution in [-0.2, 0) is 0 Å². The highest BCUT2D eigenvalue weighted by atomic mass is 19.1. The van der Waals surface area contributed by atoms with Crippen LogP contribution in [0, 0.1) is 5.82 Å². The van der Waals surface area contributed by atoms with Crippen molar-refractivity contribution in [2.45, 2.75) is 18.9 Å². The number of carbonyl (C=O) groups is 1. The second-order valence-corrected chi connectivity index (χ2v) is 3.48. The zero-order chi connectivity index (χ0) is 10.1. The normalized spacial score (nSPS) is 15.2. The summed E-state index contributed by atoms with van der Waals surface area (Å²) < 4.78 is 12.8. The van der Waals surface area contributed by atoms with Gasteiger partial charge in [-0.1, -0.05) is 0 Å². The Morgan fingerprint density at radius 2 is 2.21 bits per heavy atom. The smallest absolute Gasteiger partial charge is 0.253 e. The maximum atomic E-state index is 12.8. The van der Waals surface area contributed by atoms with Gasteiger partial charge in [0.1, 0.15) is 5.82 Å². The summed E-state index contributed by atoms with van der Waals surface area (Å²) in [5.41, 5.74) is 6.09. The number of hydrogen-bond donors (Lipinski definition) is 2. The second-order valence-electron chi connectivity index (χ2n) is 3.48. The molecule has 3 N–H and O–H groups in total. The fourth-order valence-electron chi connectivity index (χ4n) is 1.22. The van der Waals surface area contributed by atoms with E-state index in [4.69, 9.17) is 5.73 Å². The minimum Gasteiger partial charge on any atom is -0.398 e. The van der Waals surface area contributed by atoms with Gasteiger partial charge in [0.2, 0.25) is 0 Å². The summed E-state index contributed by atoms with van der Waals surface area (Å²) in [4.78, 5) is 11.5. The second kappa shape index (κ2) is 3.29. The van der Waals surface area contributed by atoms with Crippen molar-refractivity contribution < 1.29 is 9.18 Å². The van der Waals surface area contributed by atoms with E-state index in [1.807, 2.05) is 0 Å². The van der Waals surface area contributed by atoms with E-state index in [-0.39, 0.29) is 17.5 Å². The summed E-state index contributed by atoms with van der Waals surface area (Å²) in [5, 5.41) is 2.75. The summed E-state index contributed by atoms with van der Waals surface area (Å²) in [7, 11) is 0. The minimum atomic E-state index is -0.444. The fourth-order valence-corrected chi connectivity index (χ4v) is 1.22. The van der Waals surface area contributed by atoms with Crippen LogP contribution in [0.4, 0.5) is 10.1 Å². The van der Waals surface area contributed by atoms with Gasteiger partial charge in [-0.05, 0) is 31.0 Å². The highest BCUT2D eigenvalue weighted by Crippen LogP contribution is 2.20. The average Bonchev–Trinajstić information content (AvgIpc) is 2.93. The maximum Gasteiger partial charge on any atom is 0.253 e. The third-order valence-corrected chi connectivity index (χ3v) is 2.17. The molecule has 3 nitrogen and oxygen atoms in total. The molecule has 0 bridgehead atoms. The van der Waals surface area contributed by atoms with Gasteiger partial charge in [-0.15, -0.1) is 0 Å². The number of benzene rings is 1. The van der Waals surface area contributed by atoms with E-state index >= 15 is 0 Å². The van der Waals surface area contributed by atoms with Crippen molar-refractivity contribution in [3.05, 3.63) is 29.6 Å². The third kappa shape index (κ3) is 1.84. The number of nitrogen functional groups attached to an aromatic ring is 1. The van der Waals surface area contributed by atoms with Crippen LogP contribution in [0.25, 0.3) is 0 Å². The summed E-state index contributed by atoms with van der Waals surface area (Å²) in [6.45, 7) is 0. The van der Waals surface area contributed by atoms with Crippen LogP contribution in [0.5, 0.6) is 0 Å². The number of amides is 1. The topological polar surface area (TPSA) is 55.1 Å². The highest BCUT2D eigenvalue weighted by Gasteiger charge is 2.24. The average molecular weight is 194 g/mol. The first-order chi connectivity index (χ1) is 6.66. The first-order valence-electron chi connectivity index (χ1n) is 4.52. The zero-order valence-corrected chi connectivity index (χ0v) is 7.59. The summed E-state index contributed by atoms with van der Waals surface area (Å²) in [6, 6.07) is 4.05. The van der Waals surface area contributed by atoms with Gasteiger partial charge in [0.05, 0.1) is 5.56 Å². The Bertz CT molecular complexity index is 374. The van der Waals surface area contributed by atoms with Crippen molar-refractivity contribution in [1.82, 2.24) is 5.32 Å². The lowest BCUT2D eigenvalue weighted by Crippen LogP contribution is -2.26. The van der Waals surface area contributed by atoms with E-state index in [0.29, 0.717) is 5.69 Å². The molecular weight excluding hydrogens is 183 g/mol. The maximum absolute atomic E-state index is 12.8. The van der Waals surface area contributed by atoms with Crippen molar-refractivity contribution in [1.29, 1.82) is 0 Å². The Kier molecular flexibility index (Phi) is 2.11. The van der Waals surface area contributed by atoms with Crippen LogP contribution in [0.2, 0.25) is 0 Å². The standard InChI is InChI=1S/C10H11FN2O/c11-6-1-4-9(12)8(5-6)10(14)13-7-2-3-7/h1,4-5,7H,2-3,12H2,(H,13,14). The Morgan fingerprint density at radius 3 is 2.86 bits per heavy atom. The van der Waals surface area contributed by atoms with Crippen molar-refractivity contribution in [2.75, 3.05) is 5.73 Å². The van der Waals surface area contributed by atoms with Gasteiger partial charge in [0.15, 0.2) is 0 Å². The molecule has 0 unspecified atom stereocenters. The Morgan fingerprint density at radius 1 is 1.50 bits per heavy atom. The quantitative estimate of drug-likeness (QED) is 0.697. The molecule has 1 saturated carbocycles.